The molecule has 0 amide bonds. The van der Waals surface area contributed by atoms with E-state index in [9.17, 15) is 19.7 Å². The smallest absolute Gasteiger partial charge is 0.269 e. The third-order valence-electron chi connectivity index (χ3n) is 2.92. The first-order chi connectivity index (χ1) is 8.06. The lowest BCUT2D eigenvalue weighted by Gasteiger charge is -2.19. The van der Waals surface area contributed by atoms with Crippen LogP contribution >= 0.6 is 0 Å². The summed E-state index contributed by atoms with van der Waals surface area (Å²) in [5, 5.41) is 10.5. The number of nitro benzene ring substituents is 1. The van der Waals surface area contributed by atoms with Gasteiger partial charge in [0.05, 0.1) is 11.3 Å². The van der Waals surface area contributed by atoms with Crippen LogP contribution in [-0.2, 0) is 9.59 Å². The van der Waals surface area contributed by atoms with Crippen LogP contribution in [0.5, 0.6) is 0 Å². The van der Waals surface area contributed by atoms with Crippen LogP contribution in [0.2, 0.25) is 0 Å². The summed E-state index contributed by atoms with van der Waals surface area (Å²) in [5.74, 6) is -0.223. The molecular formula is C12H11NO4. The number of nitro groups is 1. The number of carbonyl (C=O) groups excluding carboxylic acids is 2. The first kappa shape index (κ1) is 11.4. The minimum Gasteiger partial charge on any atom is -0.299 e. The molecule has 5 heteroatoms. The van der Waals surface area contributed by atoms with E-state index < -0.39 is 4.92 Å². The summed E-state index contributed by atoms with van der Waals surface area (Å²) in [6.07, 6.45) is 0.733. The summed E-state index contributed by atoms with van der Waals surface area (Å²) < 4.78 is 0. The van der Waals surface area contributed by atoms with Gasteiger partial charge in [-0.3, -0.25) is 19.7 Å². The van der Waals surface area contributed by atoms with E-state index in [-0.39, 0.29) is 29.6 Å². The van der Waals surface area contributed by atoms with Gasteiger partial charge in [-0.25, -0.2) is 0 Å². The van der Waals surface area contributed by atoms with Gasteiger partial charge in [-0.05, 0) is 11.5 Å². The fourth-order valence-electron chi connectivity index (χ4n) is 2.09. The van der Waals surface area contributed by atoms with Gasteiger partial charge < -0.3 is 0 Å². The predicted octanol–water partition coefficient (Wildman–Crippen LogP) is 2.00. The molecule has 0 saturated heterocycles. The number of rotatable bonds is 2. The van der Waals surface area contributed by atoms with E-state index in [1.54, 1.807) is 12.1 Å². The lowest BCUT2D eigenvalue weighted by atomic mass is 9.83. The van der Waals surface area contributed by atoms with Crippen molar-refractivity contribution in [3.05, 3.63) is 39.9 Å². The van der Waals surface area contributed by atoms with Crippen molar-refractivity contribution in [1.82, 2.24) is 0 Å². The second kappa shape index (κ2) is 4.45. The summed E-state index contributed by atoms with van der Waals surface area (Å²) >= 11 is 0. The van der Waals surface area contributed by atoms with Crippen molar-refractivity contribution in [2.45, 2.75) is 25.2 Å². The average molecular weight is 233 g/mol. The molecule has 0 N–H and O–H groups in total. The molecule has 1 aromatic rings. The maximum atomic E-state index is 11.3. The highest BCUT2D eigenvalue weighted by molar-refractivity contribution is 6.02. The Bertz CT molecular complexity index is 462. The number of Topliss-reactive ketones (excluding diaryl/α,β-unsaturated/α-hetero) is 2. The molecule has 5 nitrogen and oxygen atoms in total. The molecule has 1 fully saturated rings. The predicted molar refractivity (Wildman–Crippen MR) is 59.7 cm³/mol. The number of hydrogen-bond donors (Lipinski definition) is 0. The Morgan fingerprint density at radius 1 is 1.06 bits per heavy atom. The molecule has 0 aromatic heterocycles. The average Bonchev–Trinajstić information content (AvgIpc) is 2.28. The zero-order valence-corrected chi connectivity index (χ0v) is 9.09. The van der Waals surface area contributed by atoms with Crippen LogP contribution in [-0.4, -0.2) is 16.5 Å². The maximum Gasteiger partial charge on any atom is 0.269 e. The lowest BCUT2D eigenvalue weighted by Crippen LogP contribution is -2.21. The summed E-state index contributed by atoms with van der Waals surface area (Å²) in [5.41, 5.74) is 0.833. The van der Waals surface area contributed by atoms with Crippen molar-refractivity contribution < 1.29 is 14.5 Å². The van der Waals surface area contributed by atoms with Gasteiger partial charge in [-0.2, -0.15) is 0 Å². The summed E-state index contributed by atoms with van der Waals surface area (Å²) in [4.78, 5) is 32.6. The minimum atomic E-state index is -0.471. The van der Waals surface area contributed by atoms with Crippen LogP contribution in [0.4, 0.5) is 5.69 Å². The van der Waals surface area contributed by atoms with Crippen LogP contribution < -0.4 is 0 Å². The molecule has 0 bridgehead atoms. The molecule has 0 heterocycles. The SMILES string of the molecule is O=C1CC(=O)CC(c2ccc([N+](=O)[O-])cc2)C1. The number of benzene rings is 1. The molecular weight excluding hydrogens is 222 g/mol. The van der Waals surface area contributed by atoms with E-state index in [0.29, 0.717) is 12.8 Å². The highest BCUT2D eigenvalue weighted by Gasteiger charge is 2.26. The van der Waals surface area contributed by atoms with Crippen LogP contribution in [0.25, 0.3) is 0 Å². The van der Waals surface area contributed by atoms with Crippen LogP contribution in [0, 0.1) is 10.1 Å². The molecule has 1 saturated carbocycles. The quantitative estimate of drug-likeness (QED) is 0.444. The fraction of sp³-hybridized carbons (Fsp3) is 0.333. The zero-order valence-electron chi connectivity index (χ0n) is 9.09. The largest absolute Gasteiger partial charge is 0.299 e. The Hall–Kier alpha value is -2.04. The van der Waals surface area contributed by atoms with Gasteiger partial charge in [0.2, 0.25) is 0 Å². The summed E-state index contributed by atoms with van der Waals surface area (Å²) in [6, 6.07) is 6.04. The highest BCUT2D eigenvalue weighted by Crippen LogP contribution is 2.30. The maximum absolute atomic E-state index is 11.3. The van der Waals surface area contributed by atoms with E-state index in [1.807, 2.05) is 0 Å². The van der Waals surface area contributed by atoms with Gasteiger partial charge in [0.15, 0.2) is 0 Å². The van der Waals surface area contributed by atoms with Crippen molar-refractivity contribution in [2.75, 3.05) is 0 Å². The van der Waals surface area contributed by atoms with E-state index >= 15 is 0 Å². The van der Waals surface area contributed by atoms with E-state index in [1.165, 1.54) is 12.1 Å². The molecule has 1 aliphatic rings. The first-order valence-corrected chi connectivity index (χ1v) is 5.34. The monoisotopic (exact) mass is 233 g/mol. The molecule has 1 aromatic carbocycles. The van der Waals surface area contributed by atoms with Crippen molar-refractivity contribution in [3.63, 3.8) is 0 Å². The van der Waals surface area contributed by atoms with E-state index in [4.69, 9.17) is 0 Å². The van der Waals surface area contributed by atoms with E-state index in [0.717, 1.165) is 5.56 Å². The Balaban J connectivity index is 2.19. The highest BCUT2D eigenvalue weighted by atomic mass is 16.6. The molecule has 2 rings (SSSR count). The van der Waals surface area contributed by atoms with E-state index in [2.05, 4.69) is 0 Å². The van der Waals surface area contributed by atoms with Gasteiger partial charge in [-0.1, -0.05) is 12.1 Å². The fourth-order valence-corrected chi connectivity index (χ4v) is 2.09. The first-order valence-electron chi connectivity index (χ1n) is 5.34. The van der Waals surface area contributed by atoms with Crippen molar-refractivity contribution >= 4 is 17.3 Å². The molecule has 0 atom stereocenters. The molecule has 0 unspecified atom stereocenters. The van der Waals surface area contributed by atoms with Crippen molar-refractivity contribution in [3.8, 4) is 0 Å². The van der Waals surface area contributed by atoms with Gasteiger partial charge in [0, 0.05) is 25.0 Å². The van der Waals surface area contributed by atoms with Crippen molar-refractivity contribution in [2.24, 2.45) is 0 Å². The second-order valence-corrected chi connectivity index (χ2v) is 4.21. The molecule has 0 aliphatic heterocycles. The third kappa shape index (κ3) is 2.55. The third-order valence-corrected chi connectivity index (χ3v) is 2.92. The standard InChI is InChI=1S/C12H11NO4/c14-11-5-9(6-12(15)7-11)8-1-3-10(4-2-8)13(16)17/h1-4,9H,5-7H2. The number of carbonyl (C=O) groups is 2. The second-order valence-electron chi connectivity index (χ2n) is 4.21. The van der Waals surface area contributed by atoms with Crippen molar-refractivity contribution in [1.29, 1.82) is 0 Å². The van der Waals surface area contributed by atoms with Gasteiger partial charge >= 0.3 is 0 Å². The molecule has 88 valence electrons. The molecule has 1 aliphatic carbocycles. The van der Waals surface area contributed by atoms with Crippen LogP contribution in [0.1, 0.15) is 30.7 Å². The number of non-ortho nitro benzene ring substituents is 1. The van der Waals surface area contributed by atoms with Gasteiger partial charge in [0.25, 0.3) is 5.69 Å². The Morgan fingerprint density at radius 3 is 2.06 bits per heavy atom. The van der Waals surface area contributed by atoms with Crippen LogP contribution in [0.3, 0.4) is 0 Å². The zero-order chi connectivity index (χ0) is 12.4. The Morgan fingerprint density at radius 2 is 1.59 bits per heavy atom. The summed E-state index contributed by atoms with van der Waals surface area (Å²) in [7, 11) is 0. The lowest BCUT2D eigenvalue weighted by molar-refractivity contribution is -0.384. The number of nitrogens with zero attached hydrogens (tertiary/aromatic N) is 1. The molecule has 0 spiro atoms. The topological polar surface area (TPSA) is 77.3 Å². The van der Waals surface area contributed by atoms with Gasteiger partial charge in [0.1, 0.15) is 11.6 Å². The Kier molecular flexibility index (Phi) is 2.99. The molecule has 0 radical (unpaired) electrons. The number of ketones is 2. The number of hydrogen-bond acceptors (Lipinski definition) is 4. The normalized spacial score (nSPS) is 17.2. The van der Waals surface area contributed by atoms with Crippen LogP contribution in [0.15, 0.2) is 24.3 Å². The minimum absolute atomic E-state index is 0.0159. The molecule has 17 heavy (non-hydrogen) atoms. The van der Waals surface area contributed by atoms with Gasteiger partial charge in [-0.15, -0.1) is 0 Å². The Labute approximate surface area is 97.6 Å². The summed E-state index contributed by atoms with van der Waals surface area (Å²) in [6.45, 7) is 0.